The second-order valence-electron chi connectivity index (χ2n) is 4.73. The first-order valence-corrected chi connectivity index (χ1v) is 6.56. The van der Waals surface area contributed by atoms with E-state index in [0.29, 0.717) is 12.0 Å². The molecule has 2 rings (SSSR count). The van der Waals surface area contributed by atoms with Crippen molar-refractivity contribution in [1.29, 1.82) is 0 Å². The van der Waals surface area contributed by atoms with Crippen molar-refractivity contribution < 1.29 is 0 Å². The van der Waals surface area contributed by atoms with Crippen molar-refractivity contribution in [3.8, 4) is 0 Å². The predicted molar refractivity (Wildman–Crippen MR) is 67.9 cm³/mol. The minimum Gasteiger partial charge on any atom is -0.314 e. The molecular weight excluding hydrogens is 214 g/mol. The van der Waals surface area contributed by atoms with Gasteiger partial charge in [-0.05, 0) is 37.8 Å². The molecule has 1 saturated carbocycles. The van der Waals surface area contributed by atoms with Gasteiger partial charge in [-0.25, -0.2) is 4.68 Å². The number of aromatic nitrogens is 2. The zero-order valence-electron chi connectivity index (χ0n) is 10.4. The van der Waals surface area contributed by atoms with Crippen LogP contribution in [0.4, 0.5) is 0 Å². The Morgan fingerprint density at radius 3 is 3.18 bits per heavy atom. The van der Waals surface area contributed by atoms with Crippen molar-refractivity contribution in [1.82, 2.24) is 15.1 Å². The van der Waals surface area contributed by atoms with Gasteiger partial charge in [-0.1, -0.05) is 13.3 Å². The van der Waals surface area contributed by atoms with Crippen LogP contribution in [0.15, 0.2) is 23.1 Å². The van der Waals surface area contributed by atoms with Crippen LogP contribution in [0.25, 0.3) is 0 Å². The lowest BCUT2D eigenvalue weighted by atomic mass is 9.99. The second-order valence-corrected chi connectivity index (χ2v) is 4.73. The molecule has 0 amide bonds. The Morgan fingerprint density at radius 1 is 1.53 bits per heavy atom. The number of aryl methyl sites for hydroxylation is 1. The lowest BCUT2D eigenvalue weighted by Crippen LogP contribution is -2.33. The number of hydrogen-bond acceptors (Lipinski definition) is 3. The standard InChI is InChI=1S/C13H21N3O/c1-2-14-12-6-3-5-11(12)8-10-16-13(17)7-4-9-15-16/h4,7,9,11-12,14H,2-3,5-6,8,10H2,1H3. The third-order valence-corrected chi connectivity index (χ3v) is 3.62. The van der Waals surface area contributed by atoms with Crippen LogP contribution >= 0.6 is 0 Å². The summed E-state index contributed by atoms with van der Waals surface area (Å²) < 4.78 is 1.57. The fourth-order valence-corrected chi connectivity index (χ4v) is 2.76. The third-order valence-electron chi connectivity index (χ3n) is 3.62. The summed E-state index contributed by atoms with van der Waals surface area (Å²) in [5, 5.41) is 7.63. The summed E-state index contributed by atoms with van der Waals surface area (Å²) in [6.45, 7) is 3.93. The SMILES string of the molecule is CCNC1CCCC1CCn1ncccc1=O. The molecule has 4 nitrogen and oxygen atoms in total. The maximum atomic E-state index is 11.5. The van der Waals surface area contributed by atoms with E-state index in [1.807, 2.05) is 0 Å². The maximum absolute atomic E-state index is 11.5. The van der Waals surface area contributed by atoms with Crippen LogP contribution in [0.3, 0.4) is 0 Å². The van der Waals surface area contributed by atoms with Crippen molar-refractivity contribution in [3.63, 3.8) is 0 Å². The van der Waals surface area contributed by atoms with Crippen molar-refractivity contribution in [2.45, 2.75) is 45.2 Å². The summed E-state index contributed by atoms with van der Waals surface area (Å²) in [5.74, 6) is 0.698. The summed E-state index contributed by atoms with van der Waals surface area (Å²) in [4.78, 5) is 11.5. The normalized spacial score (nSPS) is 24.1. The van der Waals surface area contributed by atoms with Crippen molar-refractivity contribution in [2.75, 3.05) is 6.54 Å². The minimum absolute atomic E-state index is 0.00509. The van der Waals surface area contributed by atoms with Crippen LogP contribution in [-0.2, 0) is 6.54 Å². The summed E-state index contributed by atoms with van der Waals surface area (Å²) in [6.07, 6.45) is 6.58. The average molecular weight is 235 g/mol. The molecule has 1 aromatic rings. The average Bonchev–Trinajstić information content (AvgIpc) is 2.76. The highest BCUT2D eigenvalue weighted by molar-refractivity contribution is 4.86. The molecule has 1 heterocycles. The summed E-state index contributed by atoms with van der Waals surface area (Å²) >= 11 is 0. The Hall–Kier alpha value is -1.16. The van der Waals surface area contributed by atoms with E-state index in [1.54, 1.807) is 23.0 Å². The number of nitrogens with zero attached hydrogens (tertiary/aromatic N) is 2. The van der Waals surface area contributed by atoms with Crippen LogP contribution in [0.5, 0.6) is 0 Å². The van der Waals surface area contributed by atoms with Gasteiger partial charge < -0.3 is 5.32 Å². The Morgan fingerprint density at radius 2 is 2.41 bits per heavy atom. The molecular formula is C13H21N3O. The lowest BCUT2D eigenvalue weighted by Gasteiger charge is -2.20. The molecule has 1 aromatic heterocycles. The molecule has 1 N–H and O–H groups in total. The number of rotatable bonds is 5. The molecule has 0 spiro atoms. The van der Waals surface area contributed by atoms with E-state index in [2.05, 4.69) is 17.3 Å². The van der Waals surface area contributed by atoms with E-state index in [1.165, 1.54) is 19.3 Å². The van der Waals surface area contributed by atoms with Gasteiger partial charge in [-0.3, -0.25) is 4.79 Å². The molecule has 2 atom stereocenters. The van der Waals surface area contributed by atoms with E-state index in [0.717, 1.165) is 19.5 Å². The van der Waals surface area contributed by atoms with Crippen LogP contribution in [0.1, 0.15) is 32.6 Å². The Bertz CT molecular complexity index is 402. The molecule has 0 aromatic carbocycles. The molecule has 1 aliphatic rings. The fourth-order valence-electron chi connectivity index (χ4n) is 2.76. The Balaban J connectivity index is 1.89. The van der Waals surface area contributed by atoms with Gasteiger partial charge in [0.25, 0.3) is 5.56 Å². The van der Waals surface area contributed by atoms with Gasteiger partial charge in [0.2, 0.25) is 0 Å². The molecule has 1 aliphatic carbocycles. The summed E-state index contributed by atoms with van der Waals surface area (Å²) in [5.41, 5.74) is 0.00509. The van der Waals surface area contributed by atoms with Gasteiger partial charge in [-0.15, -0.1) is 0 Å². The lowest BCUT2D eigenvalue weighted by molar-refractivity contribution is 0.355. The van der Waals surface area contributed by atoms with Gasteiger partial charge in [0.1, 0.15) is 0 Å². The summed E-state index contributed by atoms with van der Waals surface area (Å²) in [7, 11) is 0. The Kier molecular flexibility index (Phi) is 4.31. The van der Waals surface area contributed by atoms with E-state index in [9.17, 15) is 4.79 Å². The van der Waals surface area contributed by atoms with Gasteiger partial charge in [-0.2, -0.15) is 5.10 Å². The number of hydrogen-bond donors (Lipinski definition) is 1. The molecule has 0 saturated heterocycles. The molecule has 0 bridgehead atoms. The largest absolute Gasteiger partial charge is 0.314 e. The zero-order valence-corrected chi connectivity index (χ0v) is 10.4. The van der Waals surface area contributed by atoms with Gasteiger partial charge in [0.15, 0.2) is 0 Å². The molecule has 0 radical (unpaired) electrons. The molecule has 1 fully saturated rings. The van der Waals surface area contributed by atoms with Crippen molar-refractivity contribution >= 4 is 0 Å². The molecule has 94 valence electrons. The monoisotopic (exact) mass is 235 g/mol. The maximum Gasteiger partial charge on any atom is 0.266 e. The minimum atomic E-state index is 0.00509. The Labute approximate surface area is 102 Å². The molecule has 4 heteroatoms. The van der Waals surface area contributed by atoms with Gasteiger partial charge >= 0.3 is 0 Å². The van der Waals surface area contributed by atoms with Crippen LogP contribution in [-0.4, -0.2) is 22.4 Å². The van der Waals surface area contributed by atoms with E-state index >= 15 is 0 Å². The summed E-state index contributed by atoms with van der Waals surface area (Å²) in [6, 6.07) is 3.90. The van der Waals surface area contributed by atoms with E-state index < -0.39 is 0 Å². The second kappa shape index (κ2) is 5.96. The first kappa shape index (κ1) is 12.3. The number of nitrogens with one attached hydrogen (secondary N) is 1. The predicted octanol–water partition coefficient (Wildman–Crippen LogP) is 1.41. The van der Waals surface area contributed by atoms with Gasteiger partial charge in [0, 0.05) is 24.8 Å². The smallest absolute Gasteiger partial charge is 0.266 e. The van der Waals surface area contributed by atoms with Crippen LogP contribution in [0.2, 0.25) is 0 Å². The first-order chi connectivity index (χ1) is 8.31. The first-order valence-electron chi connectivity index (χ1n) is 6.56. The molecule has 17 heavy (non-hydrogen) atoms. The van der Waals surface area contributed by atoms with Crippen LogP contribution < -0.4 is 10.9 Å². The quantitative estimate of drug-likeness (QED) is 0.839. The fraction of sp³-hybridized carbons (Fsp3) is 0.692. The van der Waals surface area contributed by atoms with Crippen molar-refractivity contribution in [3.05, 3.63) is 28.7 Å². The molecule has 0 aliphatic heterocycles. The van der Waals surface area contributed by atoms with Gasteiger partial charge in [0.05, 0.1) is 0 Å². The van der Waals surface area contributed by atoms with Crippen LogP contribution in [0, 0.1) is 5.92 Å². The topological polar surface area (TPSA) is 46.9 Å². The van der Waals surface area contributed by atoms with E-state index in [4.69, 9.17) is 0 Å². The highest BCUT2D eigenvalue weighted by Crippen LogP contribution is 2.28. The highest BCUT2D eigenvalue weighted by Gasteiger charge is 2.25. The molecule has 2 unspecified atom stereocenters. The van der Waals surface area contributed by atoms with E-state index in [-0.39, 0.29) is 5.56 Å². The highest BCUT2D eigenvalue weighted by atomic mass is 16.1. The zero-order chi connectivity index (χ0) is 12.1. The van der Waals surface area contributed by atoms with Crippen molar-refractivity contribution in [2.24, 2.45) is 5.92 Å². The third kappa shape index (κ3) is 3.16.